The summed E-state index contributed by atoms with van der Waals surface area (Å²) in [6.45, 7) is 9.80. The summed E-state index contributed by atoms with van der Waals surface area (Å²) in [6.07, 6.45) is -10.8. The van der Waals surface area contributed by atoms with Gasteiger partial charge in [0.25, 0.3) is 5.91 Å². The fourth-order valence-electron chi connectivity index (χ4n) is 11.2. The summed E-state index contributed by atoms with van der Waals surface area (Å²) in [5.74, 6) is -7.90. The predicted octanol–water partition coefficient (Wildman–Crippen LogP) is 5.91. The van der Waals surface area contributed by atoms with Crippen molar-refractivity contribution in [2.24, 2.45) is 16.7 Å². The molecule has 1 aliphatic heterocycles. The fraction of sp³-hybridized carbons (Fsp3) is 0.400. The molecule has 16 heteroatoms. The third-order valence-electron chi connectivity index (χ3n) is 15.0. The van der Waals surface area contributed by atoms with Crippen molar-refractivity contribution in [1.82, 2.24) is 5.32 Å². The van der Waals surface area contributed by atoms with Crippen molar-refractivity contribution in [3.8, 4) is 0 Å². The predicted molar refractivity (Wildman–Crippen MR) is 252 cm³/mol. The van der Waals surface area contributed by atoms with Crippen LogP contribution in [0.25, 0.3) is 0 Å². The molecule has 0 spiro atoms. The van der Waals surface area contributed by atoms with E-state index in [-0.39, 0.29) is 40.9 Å². The molecule has 3 aliphatic carbocycles. The Morgan fingerprint density at radius 1 is 0.718 bits per heavy atom. The van der Waals surface area contributed by atoms with Crippen LogP contribution in [0.4, 0.5) is 0 Å². The highest BCUT2D eigenvalue weighted by Gasteiger charge is 2.79. The molecule has 0 aromatic heterocycles. The number of rotatable bonds is 12. The number of carbonyl (C=O) groups is 7. The van der Waals surface area contributed by atoms with Gasteiger partial charge >= 0.3 is 29.8 Å². The number of ketones is 1. The van der Waals surface area contributed by atoms with E-state index in [0.717, 1.165) is 19.4 Å². The lowest BCUT2D eigenvalue weighted by Gasteiger charge is -2.67. The van der Waals surface area contributed by atoms with Crippen LogP contribution in [0.2, 0.25) is 0 Å². The van der Waals surface area contributed by atoms with E-state index in [2.05, 4.69) is 5.32 Å². The third kappa shape index (κ3) is 8.93. The minimum atomic E-state index is -2.47. The maximum absolute atomic E-state index is 16.2. The van der Waals surface area contributed by atoms with Crippen LogP contribution in [0.3, 0.4) is 0 Å². The number of amides is 1. The zero-order valence-corrected chi connectivity index (χ0v) is 40.4. The van der Waals surface area contributed by atoms with E-state index in [1.165, 1.54) is 26.0 Å². The van der Waals surface area contributed by atoms with E-state index in [9.17, 15) is 39.0 Å². The van der Waals surface area contributed by atoms with Gasteiger partial charge < -0.3 is 44.0 Å². The lowest BCUT2D eigenvalue weighted by molar-refractivity contribution is -0.345. The van der Waals surface area contributed by atoms with Crippen LogP contribution in [0.1, 0.15) is 103 Å². The second kappa shape index (κ2) is 19.3. The van der Waals surface area contributed by atoms with Gasteiger partial charge in [-0.3, -0.25) is 19.2 Å². The van der Waals surface area contributed by atoms with E-state index in [4.69, 9.17) is 28.4 Å². The molecular weight excluding hydrogens is 915 g/mol. The zero-order chi connectivity index (χ0) is 51.2. The van der Waals surface area contributed by atoms with Crippen LogP contribution in [0.5, 0.6) is 0 Å². The normalized spacial score (nSPS) is 29.2. The number of aliphatic hydroxyl groups excluding tert-OH is 1. The molecule has 0 unspecified atom stereocenters. The first-order valence-electron chi connectivity index (χ1n) is 23.4. The van der Waals surface area contributed by atoms with E-state index in [1.807, 2.05) is 6.92 Å². The van der Waals surface area contributed by atoms with Gasteiger partial charge in [-0.15, -0.1) is 0 Å². The maximum atomic E-state index is 16.2. The largest absolute Gasteiger partial charge is 0.458 e. The summed E-state index contributed by atoms with van der Waals surface area (Å²) < 4.78 is 37.4. The van der Waals surface area contributed by atoms with Crippen molar-refractivity contribution < 1.29 is 72.2 Å². The van der Waals surface area contributed by atoms with Gasteiger partial charge in [0.05, 0.1) is 35.1 Å². The quantitative estimate of drug-likeness (QED) is 0.0852. The molecule has 0 radical (unpaired) electrons. The number of nitrogens with one attached hydrogen (secondary N) is 1. The average molecular weight is 972 g/mol. The summed E-state index contributed by atoms with van der Waals surface area (Å²) in [7, 11) is 0. The van der Waals surface area contributed by atoms with Crippen molar-refractivity contribution in [2.45, 2.75) is 115 Å². The van der Waals surface area contributed by atoms with Crippen molar-refractivity contribution >= 4 is 41.5 Å². The molecule has 4 aliphatic rings. The second-order valence-corrected chi connectivity index (χ2v) is 19.6. The first kappa shape index (κ1) is 50.4. The van der Waals surface area contributed by atoms with Gasteiger partial charge in [-0.1, -0.05) is 98.3 Å². The maximum Gasteiger partial charge on any atom is 0.338 e. The molecule has 2 bridgehead atoms. The summed E-state index contributed by atoms with van der Waals surface area (Å²) in [4.78, 5) is 99.8. The van der Waals surface area contributed by atoms with Crippen molar-refractivity contribution in [2.75, 3.05) is 6.61 Å². The Balaban J connectivity index is 1.31. The minimum Gasteiger partial charge on any atom is -0.458 e. The fourth-order valence-corrected chi connectivity index (χ4v) is 11.2. The monoisotopic (exact) mass is 971 g/mol. The Morgan fingerprint density at radius 3 is 1.85 bits per heavy atom. The van der Waals surface area contributed by atoms with Crippen LogP contribution < -0.4 is 5.32 Å². The lowest BCUT2D eigenvalue weighted by atomic mass is 9.44. The molecule has 1 heterocycles. The number of Topliss-reactive ketones (excluding diaryl/α,β-unsaturated/α-hetero) is 1. The number of esters is 5. The first-order valence-corrected chi connectivity index (χ1v) is 23.4. The minimum absolute atomic E-state index is 0.0340. The summed E-state index contributed by atoms with van der Waals surface area (Å²) >= 11 is 0. The topological polar surface area (TPSA) is 227 Å². The molecular formula is C55H57NO15. The van der Waals surface area contributed by atoms with Crippen LogP contribution >= 0.6 is 0 Å². The number of hydrogen-bond donors (Lipinski definition) is 3. The Hall–Kier alpha value is -7.01. The molecule has 4 aromatic carbocycles. The van der Waals surface area contributed by atoms with E-state index >= 15 is 4.79 Å². The molecule has 1 amide bonds. The molecule has 71 heavy (non-hydrogen) atoms. The summed E-state index contributed by atoms with van der Waals surface area (Å²) in [6, 6.07) is 29.4. The second-order valence-electron chi connectivity index (χ2n) is 19.6. The molecule has 372 valence electrons. The molecule has 16 nitrogen and oxygen atoms in total. The van der Waals surface area contributed by atoms with Crippen LogP contribution in [-0.2, 0) is 47.6 Å². The SMILES string of the molecule is CC(=O)O[C@H]1C(=O)[C@]2(C)[C@@H](OC(=O)c3ccc(C)cc3)C[C@H]3OC[C@@]3(OC(C)=O)[C@H]2[C@H](OC(=O)c2ccccc2)[C@]2(O)C[C@H](OC(=O)[C@H](O)[C@@H](NC(=O)c3ccccc3)c3ccccc3)C(C)=C1C2(C)C. The number of ether oxygens (including phenoxy) is 6. The Bertz CT molecular complexity index is 2760. The van der Waals surface area contributed by atoms with E-state index in [0.29, 0.717) is 5.56 Å². The number of hydrogen-bond acceptors (Lipinski definition) is 15. The van der Waals surface area contributed by atoms with Gasteiger partial charge in [-0.2, -0.15) is 0 Å². The van der Waals surface area contributed by atoms with Crippen LogP contribution in [0, 0.1) is 23.7 Å². The highest BCUT2D eigenvalue weighted by Crippen LogP contribution is 2.65. The molecule has 11 atom stereocenters. The van der Waals surface area contributed by atoms with E-state index < -0.39 is 119 Å². The van der Waals surface area contributed by atoms with Gasteiger partial charge in [0.15, 0.2) is 23.6 Å². The van der Waals surface area contributed by atoms with Gasteiger partial charge in [0, 0.05) is 37.7 Å². The van der Waals surface area contributed by atoms with E-state index in [1.54, 1.807) is 117 Å². The summed E-state index contributed by atoms with van der Waals surface area (Å²) in [5, 5.41) is 28.7. The number of fused-ring (bicyclic) bond motifs is 5. The average Bonchev–Trinajstić information content (AvgIpc) is 3.34. The molecule has 4 aromatic rings. The molecule has 1 saturated heterocycles. The smallest absolute Gasteiger partial charge is 0.338 e. The van der Waals surface area contributed by atoms with Crippen molar-refractivity contribution in [3.05, 3.63) is 154 Å². The molecule has 8 rings (SSSR count). The number of benzene rings is 4. The number of aryl methyl sites for hydroxylation is 1. The Morgan fingerprint density at radius 2 is 1.28 bits per heavy atom. The zero-order valence-electron chi connectivity index (χ0n) is 40.4. The third-order valence-corrected chi connectivity index (χ3v) is 15.0. The highest BCUT2D eigenvalue weighted by atomic mass is 16.6. The van der Waals surface area contributed by atoms with Crippen LogP contribution in [0.15, 0.2) is 126 Å². The van der Waals surface area contributed by atoms with Gasteiger partial charge in [0.2, 0.25) is 0 Å². The number of carbonyl (C=O) groups excluding carboxylic acids is 7. The van der Waals surface area contributed by atoms with Gasteiger partial charge in [-0.25, -0.2) is 14.4 Å². The molecule has 3 N–H and O–H groups in total. The first-order chi connectivity index (χ1) is 33.6. The van der Waals surface area contributed by atoms with Crippen molar-refractivity contribution in [1.29, 1.82) is 0 Å². The van der Waals surface area contributed by atoms with Gasteiger partial charge in [0.1, 0.15) is 30.0 Å². The summed E-state index contributed by atoms with van der Waals surface area (Å²) in [5.41, 5.74) is -6.45. The number of aliphatic hydroxyl groups is 2. The molecule has 3 fully saturated rings. The standard InChI is InChI=1S/C55H57NO15/c1-30-23-25-37(26-24-30)49(62)69-39-27-40-54(29-66-40,71-33(4)58)45-47(70-50(63)36-21-15-10-16-22-36)55(65)28-38(31(2)41(52(55,5)6)44(67-32(3)57)46(60)53(39,45)7)68-51(64)43(59)42(34-17-11-8-12-18-34)56-48(61)35-19-13-9-14-20-35/h8-26,38-40,42-45,47,59,65H,27-29H2,1-7H3,(H,56,61)/t38-,39-,40+,42-,43+,44+,45-,47-,53+,54-,55+/m0/s1. The lowest BCUT2D eigenvalue weighted by Crippen LogP contribution is -2.82. The highest BCUT2D eigenvalue weighted by molar-refractivity contribution is 5.97. The Labute approximate surface area is 410 Å². The van der Waals surface area contributed by atoms with Crippen molar-refractivity contribution in [3.63, 3.8) is 0 Å². The van der Waals surface area contributed by atoms with Crippen LogP contribution in [-0.4, -0.2) is 106 Å². The molecule has 2 saturated carbocycles. The Kier molecular flexibility index (Phi) is 13.7. The van der Waals surface area contributed by atoms with Gasteiger partial charge in [-0.05, 0) is 73.9 Å².